The average molecular weight is 620 g/mol. The van der Waals surface area contributed by atoms with Crippen molar-refractivity contribution in [3.05, 3.63) is 74.2 Å². The minimum absolute atomic E-state index is 0.281. The fraction of sp³-hybridized carbons (Fsp3) is 0.357. The first-order valence-corrected chi connectivity index (χ1v) is 14.7. The molecule has 2 fully saturated rings. The summed E-state index contributed by atoms with van der Waals surface area (Å²) in [5, 5.41) is -0.796. The number of alkyl halides is 3. The molecule has 3 amide bonds. The van der Waals surface area contributed by atoms with E-state index >= 15 is 0 Å². The van der Waals surface area contributed by atoms with E-state index in [1.807, 2.05) is 0 Å². The fourth-order valence-corrected chi connectivity index (χ4v) is 8.47. The number of fused-ring (bicyclic) bond motifs is 2. The molecule has 2 saturated heterocycles. The van der Waals surface area contributed by atoms with Gasteiger partial charge in [-0.15, -0.1) is 0 Å². The van der Waals surface area contributed by atoms with Crippen molar-refractivity contribution < 1.29 is 37.0 Å². The maximum Gasteiger partial charge on any atom is 0.418 e. The highest BCUT2D eigenvalue weighted by Crippen LogP contribution is 2.55. The van der Waals surface area contributed by atoms with Gasteiger partial charge in [0.2, 0.25) is 17.7 Å². The molecule has 2 aromatic carbocycles. The van der Waals surface area contributed by atoms with Crippen molar-refractivity contribution in [1.82, 2.24) is 9.47 Å². The van der Waals surface area contributed by atoms with Crippen molar-refractivity contribution in [2.45, 2.75) is 28.9 Å². The highest BCUT2D eigenvalue weighted by molar-refractivity contribution is 8.00. The molecular weight excluding hydrogens is 595 g/mol. The van der Waals surface area contributed by atoms with E-state index in [9.17, 15) is 32.3 Å². The molecule has 9 nitrogen and oxygen atoms in total. The van der Waals surface area contributed by atoms with E-state index in [-0.39, 0.29) is 12.5 Å². The lowest BCUT2D eigenvalue weighted by Gasteiger charge is -2.32. The van der Waals surface area contributed by atoms with Crippen LogP contribution in [0.15, 0.2) is 58.4 Å². The topological polar surface area (TPSA) is 98.2 Å². The Balaban J connectivity index is 1.48. The van der Waals surface area contributed by atoms with E-state index < -0.39 is 51.2 Å². The van der Waals surface area contributed by atoms with Gasteiger partial charge in [-0.3, -0.25) is 23.7 Å². The summed E-state index contributed by atoms with van der Waals surface area (Å²) in [6.45, 7) is 1.23. The van der Waals surface area contributed by atoms with Crippen molar-refractivity contribution >= 4 is 46.5 Å². The van der Waals surface area contributed by atoms with Gasteiger partial charge < -0.3 is 14.4 Å². The summed E-state index contributed by atoms with van der Waals surface area (Å²) in [7, 11) is 1.44. The van der Waals surface area contributed by atoms with Crippen LogP contribution in [0.5, 0.6) is 5.75 Å². The molecule has 6 rings (SSSR count). The molecule has 3 aliphatic heterocycles. The number of thiazole rings is 1. The number of benzene rings is 2. The second-order valence-corrected chi connectivity index (χ2v) is 12.1. The molecule has 220 valence electrons. The SMILES string of the molecule is COc1ccccc1[C@H]1c2sc(=O)n(CC(=O)N3CCOCC3)c2SC2C(=O)N(c3ccccc3C(F)(F)F)C(=O)C21. The molecule has 1 aromatic heterocycles. The van der Waals surface area contributed by atoms with Gasteiger partial charge in [0.05, 0.1) is 42.5 Å². The highest BCUT2D eigenvalue weighted by atomic mass is 32.2. The lowest BCUT2D eigenvalue weighted by molar-refractivity contribution is -0.137. The molecule has 3 aliphatic rings. The summed E-state index contributed by atoms with van der Waals surface area (Å²) in [6.07, 6.45) is -4.81. The van der Waals surface area contributed by atoms with Crippen molar-refractivity contribution in [2.75, 3.05) is 38.3 Å². The van der Waals surface area contributed by atoms with E-state index in [4.69, 9.17) is 9.47 Å². The molecule has 14 heteroatoms. The van der Waals surface area contributed by atoms with Gasteiger partial charge in [0.15, 0.2) is 0 Å². The Morgan fingerprint density at radius 1 is 1.02 bits per heavy atom. The lowest BCUT2D eigenvalue weighted by atomic mass is 9.82. The normalized spacial score (nSPS) is 22.2. The van der Waals surface area contributed by atoms with Crippen LogP contribution in [-0.4, -0.2) is 65.9 Å². The van der Waals surface area contributed by atoms with Gasteiger partial charge in [-0.1, -0.05) is 53.4 Å². The van der Waals surface area contributed by atoms with Crippen LogP contribution in [0.4, 0.5) is 18.9 Å². The van der Waals surface area contributed by atoms with Gasteiger partial charge in [0.1, 0.15) is 17.5 Å². The number of hydrogen-bond acceptors (Lipinski definition) is 8. The van der Waals surface area contributed by atoms with Gasteiger partial charge in [-0.25, -0.2) is 4.90 Å². The zero-order valence-electron chi connectivity index (χ0n) is 22.1. The Kier molecular flexibility index (Phi) is 7.39. The van der Waals surface area contributed by atoms with E-state index in [2.05, 4.69) is 0 Å². The highest BCUT2D eigenvalue weighted by Gasteiger charge is 2.58. The quantitative estimate of drug-likeness (QED) is 0.403. The summed E-state index contributed by atoms with van der Waals surface area (Å²) in [5.74, 6) is -3.51. The van der Waals surface area contributed by atoms with E-state index in [1.54, 1.807) is 29.2 Å². The number of methoxy groups -OCH3 is 1. The molecule has 2 unspecified atom stereocenters. The zero-order valence-corrected chi connectivity index (χ0v) is 23.8. The van der Waals surface area contributed by atoms with E-state index in [0.29, 0.717) is 52.4 Å². The predicted octanol–water partition coefficient (Wildman–Crippen LogP) is 3.59. The summed E-state index contributed by atoms with van der Waals surface area (Å²) in [4.78, 5) is 56.6. The van der Waals surface area contributed by atoms with Crippen molar-refractivity contribution in [2.24, 2.45) is 5.92 Å². The average Bonchev–Trinajstić information content (AvgIpc) is 3.43. The molecule has 0 N–H and O–H groups in total. The minimum atomic E-state index is -4.81. The Bertz CT molecular complexity index is 1630. The van der Waals surface area contributed by atoms with E-state index in [1.165, 1.54) is 23.8 Å². The van der Waals surface area contributed by atoms with Crippen molar-refractivity contribution in [1.29, 1.82) is 0 Å². The molecule has 0 aliphatic carbocycles. The Hall–Kier alpha value is -3.62. The van der Waals surface area contributed by atoms with Crippen LogP contribution in [0.1, 0.15) is 21.9 Å². The number of carbonyl (C=O) groups excluding carboxylic acids is 3. The molecule has 0 spiro atoms. The number of halogens is 3. The third kappa shape index (κ3) is 4.71. The number of nitrogens with zero attached hydrogens (tertiary/aromatic N) is 3. The fourth-order valence-electron chi connectivity index (χ4n) is 5.71. The largest absolute Gasteiger partial charge is 0.496 e. The smallest absolute Gasteiger partial charge is 0.418 e. The van der Waals surface area contributed by atoms with Crippen LogP contribution in [0, 0.1) is 5.92 Å². The van der Waals surface area contributed by atoms with Crippen molar-refractivity contribution in [3.8, 4) is 5.75 Å². The predicted molar refractivity (Wildman–Crippen MR) is 148 cm³/mol. The zero-order chi connectivity index (χ0) is 29.8. The van der Waals surface area contributed by atoms with Crippen LogP contribution in [0.3, 0.4) is 0 Å². The van der Waals surface area contributed by atoms with Crippen LogP contribution < -0.4 is 14.5 Å². The number of thioether (sulfide) groups is 1. The van der Waals surface area contributed by atoms with Gasteiger partial charge in [-0.05, 0) is 18.2 Å². The number of amides is 3. The number of morpholine rings is 1. The molecule has 0 saturated carbocycles. The number of imide groups is 1. The summed E-state index contributed by atoms with van der Waals surface area (Å²) in [6, 6.07) is 11.3. The monoisotopic (exact) mass is 619 g/mol. The molecule has 42 heavy (non-hydrogen) atoms. The number of para-hydroxylation sites is 2. The maximum absolute atomic E-state index is 14.0. The lowest BCUT2D eigenvalue weighted by Crippen LogP contribution is -2.43. The maximum atomic E-state index is 14.0. The van der Waals surface area contributed by atoms with Gasteiger partial charge >= 0.3 is 11.0 Å². The van der Waals surface area contributed by atoms with Crippen LogP contribution >= 0.6 is 23.1 Å². The minimum Gasteiger partial charge on any atom is -0.496 e. The van der Waals surface area contributed by atoms with Crippen LogP contribution in [0.25, 0.3) is 0 Å². The third-order valence-electron chi connectivity index (χ3n) is 7.63. The molecular formula is C28H24F3N3O6S2. The molecule has 0 bridgehead atoms. The Morgan fingerprint density at radius 2 is 1.71 bits per heavy atom. The number of ether oxygens (including phenoxy) is 2. The van der Waals surface area contributed by atoms with E-state index in [0.717, 1.165) is 35.2 Å². The molecule has 3 atom stereocenters. The van der Waals surface area contributed by atoms with Crippen LogP contribution in [0.2, 0.25) is 0 Å². The van der Waals surface area contributed by atoms with Gasteiger partial charge in [-0.2, -0.15) is 13.2 Å². The first kappa shape index (κ1) is 28.5. The Labute approximate surface area is 245 Å². The Morgan fingerprint density at radius 3 is 2.43 bits per heavy atom. The van der Waals surface area contributed by atoms with Gasteiger partial charge in [0.25, 0.3) is 0 Å². The third-order valence-corrected chi connectivity index (χ3v) is 10.2. The number of carbonyl (C=O) groups is 3. The van der Waals surface area contributed by atoms with Crippen LogP contribution in [-0.2, 0) is 31.8 Å². The number of anilines is 1. The summed E-state index contributed by atoms with van der Waals surface area (Å²) in [5.41, 5.74) is -1.14. The first-order chi connectivity index (χ1) is 20.1. The summed E-state index contributed by atoms with van der Waals surface area (Å²) < 4.78 is 54.0. The first-order valence-electron chi connectivity index (χ1n) is 13.0. The second-order valence-electron chi connectivity index (χ2n) is 9.93. The molecule has 3 aromatic rings. The van der Waals surface area contributed by atoms with Gasteiger partial charge in [0, 0.05) is 29.4 Å². The number of rotatable bonds is 5. The number of hydrogen-bond donors (Lipinski definition) is 0. The summed E-state index contributed by atoms with van der Waals surface area (Å²) >= 11 is 1.80. The molecule has 0 radical (unpaired) electrons. The molecule has 4 heterocycles. The van der Waals surface area contributed by atoms with Crippen molar-refractivity contribution in [3.63, 3.8) is 0 Å². The standard InChI is InChI=1S/C28H24F3N3O6S2/c1-39-18-9-5-2-6-15(18)20-21-22(25(37)34(24(21)36)17-8-4-3-7-16(17)28(29,30)31)41-26-23(20)42-27(38)33(26)14-19(35)32-10-12-40-13-11-32/h2-9,20-22H,10-14H2,1H3/t20-,21?,22?/m1/s1. The second kappa shape index (κ2) is 10.9. The number of aromatic nitrogens is 1.